The van der Waals surface area contributed by atoms with Crippen LogP contribution in [0.4, 0.5) is 0 Å². The van der Waals surface area contributed by atoms with Crippen molar-refractivity contribution in [2.24, 2.45) is 0 Å². The summed E-state index contributed by atoms with van der Waals surface area (Å²) in [5, 5.41) is 1.39. The van der Waals surface area contributed by atoms with E-state index >= 15 is 0 Å². The Balaban J connectivity index is 2.39. The van der Waals surface area contributed by atoms with Gasteiger partial charge in [-0.3, -0.25) is 0 Å². The molecular formula is C18H26Se. The van der Waals surface area contributed by atoms with Crippen LogP contribution in [0.3, 0.4) is 0 Å². The molecule has 0 heterocycles. The van der Waals surface area contributed by atoms with Crippen LogP contribution in [0.5, 0.6) is 0 Å². The third-order valence-corrected chi connectivity index (χ3v) is 7.16. The van der Waals surface area contributed by atoms with E-state index in [4.69, 9.17) is 0 Å². The van der Waals surface area contributed by atoms with Crippen molar-refractivity contribution in [2.75, 3.05) is 0 Å². The summed E-state index contributed by atoms with van der Waals surface area (Å²) < 4.78 is 1.69. The maximum atomic E-state index is 2.56. The third kappa shape index (κ3) is 2.83. The molecule has 0 spiro atoms. The first-order valence-electron chi connectivity index (χ1n) is 7.35. The van der Waals surface area contributed by atoms with Crippen LogP contribution in [0.25, 0.3) is 0 Å². The van der Waals surface area contributed by atoms with E-state index in [-0.39, 0.29) is 10.8 Å². The molecule has 1 aromatic carbocycles. The molecule has 104 valence electrons. The van der Waals surface area contributed by atoms with E-state index in [2.05, 4.69) is 65.0 Å². The van der Waals surface area contributed by atoms with Crippen molar-refractivity contribution in [1.82, 2.24) is 0 Å². The minimum absolute atomic E-state index is 0.190. The van der Waals surface area contributed by atoms with Gasteiger partial charge in [0.1, 0.15) is 0 Å². The van der Waals surface area contributed by atoms with Crippen LogP contribution in [0, 0.1) is 0 Å². The van der Waals surface area contributed by atoms with Crippen molar-refractivity contribution in [1.29, 1.82) is 0 Å². The fraction of sp³-hybridized carbons (Fsp3) is 0.556. The first-order chi connectivity index (χ1) is 8.89. The van der Waals surface area contributed by atoms with E-state index in [1.165, 1.54) is 29.3 Å². The van der Waals surface area contributed by atoms with Crippen molar-refractivity contribution >= 4 is 15.0 Å². The molecule has 2 rings (SSSR count). The molecule has 0 saturated carbocycles. The van der Waals surface area contributed by atoms with Crippen LogP contribution in [0.1, 0.15) is 58.6 Å². The molecule has 0 aromatic heterocycles. The van der Waals surface area contributed by atoms with Gasteiger partial charge in [-0.05, 0) is 0 Å². The van der Waals surface area contributed by atoms with Crippen LogP contribution in [-0.2, 0) is 10.8 Å². The number of unbranched alkanes of at least 4 members (excludes halogenated alkanes) is 1. The Bertz CT molecular complexity index is 480. The van der Waals surface area contributed by atoms with Crippen molar-refractivity contribution in [3.8, 4) is 0 Å². The average Bonchev–Trinajstić information content (AvgIpc) is 2.36. The van der Waals surface area contributed by atoms with Crippen LogP contribution >= 0.6 is 0 Å². The van der Waals surface area contributed by atoms with Gasteiger partial charge in [0.2, 0.25) is 0 Å². The molecule has 0 saturated heterocycles. The van der Waals surface area contributed by atoms with Gasteiger partial charge in [0.15, 0.2) is 0 Å². The second-order valence-electron chi connectivity index (χ2n) is 6.60. The molecule has 0 fully saturated rings. The molecule has 0 atom stereocenters. The Morgan fingerprint density at radius 2 is 1.63 bits per heavy atom. The molecule has 0 radical (unpaired) electrons. The van der Waals surface area contributed by atoms with Gasteiger partial charge in [0, 0.05) is 0 Å². The van der Waals surface area contributed by atoms with Crippen LogP contribution in [0.2, 0.25) is 5.32 Å². The van der Waals surface area contributed by atoms with Gasteiger partial charge < -0.3 is 0 Å². The Labute approximate surface area is 124 Å². The topological polar surface area (TPSA) is 0 Å². The van der Waals surface area contributed by atoms with E-state index in [9.17, 15) is 0 Å². The van der Waals surface area contributed by atoms with Crippen molar-refractivity contribution in [3.05, 3.63) is 45.9 Å². The molecule has 0 nitrogen and oxygen atoms in total. The maximum absolute atomic E-state index is 2.56. The van der Waals surface area contributed by atoms with Gasteiger partial charge >= 0.3 is 125 Å². The van der Waals surface area contributed by atoms with Gasteiger partial charge in [-0.1, -0.05) is 0 Å². The standard InChI is InChI=1S/C18H26Se/c1-6-7-12-19-16-13-17(2,3)14-10-8-9-11-15(14)18(16,4)5/h8-11,13H,6-7,12H2,1-5H3. The van der Waals surface area contributed by atoms with E-state index < -0.39 is 0 Å². The Morgan fingerprint density at radius 1 is 1.00 bits per heavy atom. The Hall–Kier alpha value is -0.521. The van der Waals surface area contributed by atoms with Gasteiger partial charge in [0.25, 0.3) is 0 Å². The van der Waals surface area contributed by atoms with E-state index in [1.54, 1.807) is 4.47 Å². The SMILES string of the molecule is CCCC[Se]C1=CC(C)(C)c2ccccc2C1(C)C. The normalized spacial score (nSPS) is 19.7. The number of rotatable bonds is 4. The summed E-state index contributed by atoms with van der Waals surface area (Å²) in [4.78, 5) is 0. The summed E-state index contributed by atoms with van der Waals surface area (Å²) in [6, 6.07) is 9.01. The number of benzene rings is 1. The van der Waals surface area contributed by atoms with Gasteiger partial charge in [-0.25, -0.2) is 0 Å². The third-order valence-electron chi connectivity index (χ3n) is 4.16. The minimum atomic E-state index is 0.190. The zero-order chi connectivity index (χ0) is 14.1. The number of allylic oxidation sites excluding steroid dienone is 2. The van der Waals surface area contributed by atoms with Crippen LogP contribution in [-0.4, -0.2) is 15.0 Å². The molecule has 0 bridgehead atoms. The summed E-state index contributed by atoms with van der Waals surface area (Å²) >= 11 is 0.643. The number of fused-ring (bicyclic) bond motifs is 1. The molecule has 19 heavy (non-hydrogen) atoms. The zero-order valence-corrected chi connectivity index (χ0v) is 14.6. The molecular weight excluding hydrogens is 295 g/mol. The fourth-order valence-corrected chi connectivity index (χ4v) is 6.01. The summed E-state index contributed by atoms with van der Waals surface area (Å²) in [5.74, 6) is 0. The molecule has 0 unspecified atom stereocenters. The monoisotopic (exact) mass is 322 g/mol. The molecule has 1 aliphatic rings. The zero-order valence-electron chi connectivity index (χ0n) is 12.9. The molecule has 1 aromatic rings. The summed E-state index contributed by atoms with van der Waals surface area (Å²) in [7, 11) is 0. The van der Waals surface area contributed by atoms with Gasteiger partial charge in [-0.2, -0.15) is 0 Å². The fourth-order valence-electron chi connectivity index (χ4n) is 2.86. The van der Waals surface area contributed by atoms with Crippen molar-refractivity contribution in [2.45, 2.75) is 63.6 Å². The van der Waals surface area contributed by atoms with E-state index in [0.29, 0.717) is 15.0 Å². The Kier molecular flexibility index (Phi) is 4.28. The van der Waals surface area contributed by atoms with E-state index in [0.717, 1.165) is 0 Å². The van der Waals surface area contributed by atoms with Crippen LogP contribution < -0.4 is 0 Å². The number of hydrogen-bond acceptors (Lipinski definition) is 0. The van der Waals surface area contributed by atoms with Gasteiger partial charge in [0.05, 0.1) is 0 Å². The summed E-state index contributed by atoms with van der Waals surface area (Å²) in [6.45, 7) is 11.8. The first kappa shape index (κ1) is 14.9. The van der Waals surface area contributed by atoms with Crippen molar-refractivity contribution < 1.29 is 0 Å². The quantitative estimate of drug-likeness (QED) is 0.537. The predicted molar refractivity (Wildman–Crippen MR) is 86.0 cm³/mol. The summed E-state index contributed by atoms with van der Waals surface area (Å²) in [5.41, 5.74) is 3.46. The summed E-state index contributed by atoms with van der Waals surface area (Å²) in [6.07, 6.45) is 5.25. The molecule has 0 amide bonds. The second kappa shape index (κ2) is 5.46. The Morgan fingerprint density at radius 3 is 2.26 bits per heavy atom. The van der Waals surface area contributed by atoms with Gasteiger partial charge in [-0.15, -0.1) is 0 Å². The molecule has 1 heteroatoms. The van der Waals surface area contributed by atoms with E-state index in [1.807, 2.05) is 0 Å². The predicted octanol–water partition coefficient (Wildman–Crippen LogP) is 5.06. The molecule has 0 aliphatic heterocycles. The van der Waals surface area contributed by atoms with Crippen molar-refractivity contribution in [3.63, 3.8) is 0 Å². The second-order valence-corrected chi connectivity index (χ2v) is 8.99. The molecule has 1 aliphatic carbocycles. The van der Waals surface area contributed by atoms with Crippen LogP contribution in [0.15, 0.2) is 34.8 Å². The molecule has 0 N–H and O–H groups in total. The first-order valence-corrected chi connectivity index (χ1v) is 9.42. The average molecular weight is 321 g/mol. The number of hydrogen-bond donors (Lipinski definition) is 0.